The number of hydrogen-bond donors (Lipinski definition) is 1. The van der Waals surface area contributed by atoms with E-state index in [1.165, 1.54) is 12.0 Å². The van der Waals surface area contributed by atoms with Crippen LogP contribution in [0.4, 0.5) is 0 Å². The maximum Gasteiger partial charge on any atom is 0.0409 e. The number of likely N-dealkylation sites (N-methyl/N-ethyl adjacent to an activating group) is 1. The Morgan fingerprint density at radius 3 is 2.82 bits per heavy atom. The summed E-state index contributed by atoms with van der Waals surface area (Å²) in [7, 11) is 2.15. The molecule has 0 aromatic heterocycles. The van der Waals surface area contributed by atoms with Gasteiger partial charge in [0.15, 0.2) is 0 Å². The van der Waals surface area contributed by atoms with Crippen LogP contribution in [0.25, 0.3) is 0 Å². The second kappa shape index (κ2) is 7.70. The maximum atomic E-state index is 5.98. The van der Waals surface area contributed by atoms with Gasteiger partial charge in [0.25, 0.3) is 0 Å². The average Bonchev–Trinajstić information content (AvgIpc) is 2.29. The zero-order valence-electron chi connectivity index (χ0n) is 11.0. The maximum absolute atomic E-state index is 5.98. The normalized spacial score (nSPS) is 13.0. The summed E-state index contributed by atoms with van der Waals surface area (Å²) in [5.41, 5.74) is 1.27. The Balaban J connectivity index is 2.39. The van der Waals surface area contributed by atoms with Crippen LogP contribution in [0.2, 0.25) is 5.02 Å². The summed E-state index contributed by atoms with van der Waals surface area (Å²) in [6, 6.07) is 8.60. The van der Waals surface area contributed by atoms with Gasteiger partial charge in [-0.3, -0.25) is 4.90 Å². The number of nitrogens with one attached hydrogen (secondary N) is 1. The van der Waals surface area contributed by atoms with Gasteiger partial charge in [0.1, 0.15) is 0 Å². The van der Waals surface area contributed by atoms with Crippen molar-refractivity contribution in [1.29, 1.82) is 0 Å². The van der Waals surface area contributed by atoms with Gasteiger partial charge >= 0.3 is 0 Å². The molecule has 1 aromatic rings. The second-order valence-electron chi connectivity index (χ2n) is 4.60. The Morgan fingerprint density at radius 2 is 2.18 bits per heavy atom. The third kappa shape index (κ3) is 5.53. The minimum absolute atomic E-state index is 0.528. The van der Waals surface area contributed by atoms with E-state index in [9.17, 15) is 0 Å². The first-order chi connectivity index (χ1) is 8.13. The molecule has 0 bridgehead atoms. The van der Waals surface area contributed by atoms with Crippen LogP contribution in [0.15, 0.2) is 24.3 Å². The summed E-state index contributed by atoms with van der Waals surface area (Å²) in [6.45, 7) is 7.50. The molecule has 3 heteroatoms. The minimum atomic E-state index is 0.528. The predicted octanol–water partition coefficient (Wildman–Crippen LogP) is 3.16. The molecule has 96 valence electrons. The number of rotatable bonds is 7. The number of nitrogens with zero attached hydrogens (tertiary/aromatic N) is 1. The average molecular weight is 255 g/mol. The van der Waals surface area contributed by atoms with E-state index < -0.39 is 0 Å². The molecule has 1 unspecified atom stereocenters. The van der Waals surface area contributed by atoms with Crippen molar-refractivity contribution < 1.29 is 0 Å². The largest absolute Gasteiger partial charge is 0.315 e. The van der Waals surface area contributed by atoms with Crippen molar-refractivity contribution in [2.75, 3.05) is 20.1 Å². The molecule has 0 saturated heterocycles. The third-order valence-electron chi connectivity index (χ3n) is 2.94. The summed E-state index contributed by atoms with van der Waals surface area (Å²) in [5, 5.41) is 4.26. The fourth-order valence-electron chi connectivity index (χ4n) is 1.72. The van der Waals surface area contributed by atoms with Gasteiger partial charge in [-0.15, -0.1) is 0 Å². The van der Waals surface area contributed by atoms with E-state index >= 15 is 0 Å². The summed E-state index contributed by atoms with van der Waals surface area (Å²) >= 11 is 5.98. The molecule has 1 atom stereocenters. The number of hydrogen-bond acceptors (Lipinski definition) is 2. The van der Waals surface area contributed by atoms with E-state index in [-0.39, 0.29) is 0 Å². The van der Waals surface area contributed by atoms with E-state index in [1.54, 1.807) is 0 Å². The van der Waals surface area contributed by atoms with Gasteiger partial charge in [0, 0.05) is 24.2 Å². The second-order valence-corrected chi connectivity index (χ2v) is 5.03. The van der Waals surface area contributed by atoms with Crippen LogP contribution in [0.3, 0.4) is 0 Å². The lowest BCUT2D eigenvalue weighted by molar-refractivity contribution is 0.243. The summed E-state index contributed by atoms with van der Waals surface area (Å²) < 4.78 is 0. The molecule has 0 amide bonds. The topological polar surface area (TPSA) is 15.3 Å². The van der Waals surface area contributed by atoms with Crippen LogP contribution >= 0.6 is 11.6 Å². The molecule has 2 nitrogen and oxygen atoms in total. The van der Waals surface area contributed by atoms with Gasteiger partial charge in [-0.25, -0.2) is 0 Å². The summed E-state index contributed by atoms with van der Waals surface area (Å²) in [6.07, 6.45) is 1.19. The van der Waals surface area contributed by atoms with E-state index in [1.807, 2.05) is 18.2 Å². The predicted molar refractivity (Wildman–Crippen MR) is 75.5 cm³/mol. The molecule has 1 N–H and O–H groups in total. The molecule has 17 heavy (non-hydrogen) atoms. The molecular formula is C14H23ClN2. The van der Waals surface area contributed by atoms with Crippen LogP contribution in [-0.4, -0.2) is 31.1 Å². The highest BCUT2D eigenvalue weighted by Gasteiger charge is 2.08. The van der Waals surface area contributed by atoms with E-state index in [0.29, 0.717) is 6.04 Å². The molecule has 1 rings (SSSR count). The standard InChI is InChI=1S/C14H23ClN2/c1-4-8-16-10-12(2)17(3)11-13-6-5-7-14(15)9-13/h5-7,9,12,16H,4,8,10-11H2,1-3H3. The number of benzene rings is 1. The molecule has 0 spiro atoms. The van der Waals surface area contributed by atoms with Crippen molar-refractivity contribution in [2.24, 2.45) is 0 Å². The molecule has 0 fully saturated rings. The van der Waals surface area contributed by atoms with Crippen LogP contribution in [0.5, 0.6) is 0 Å². The Morgan fingerprint density at radius 1 is 1.41 bits per heavy atom. The minimum Gasteiger partial charge on any atom is -0.315 e. The van der Waals surface area contributed by atoms with Gasteiger partial charge < -0.3 is 5.32 Å². The third-order valence-corrected chi connectivity index (χ3v) is 3.18. The van der Waals surface area contributed by atoms with Gasteiger partial charge in [-0.2, -0.15) is 0 Å². The highest BCUT2D eigenvalue weighted by atomic mass is 35.5. The van der Waals surface area contributed by atoms with Crippen LogP contribution in [0, 0.1) is 0 Å². The Labute approximate surface area is 110 Å². The fraction of sp³-hybridized carbons (Fsp3) is 0.571. The summed E-state index contributed by atoms with van der Waals surface area (Å²) in [5.74, 6) is 0. The van der Waals surface area contributed by atoms with Crippen molar-refractivity contribution in [1.82, 2.24) is 10.2 Å². The van der Waals surface area contributed by atoms with E-state index in [2.05, 4.69) is 37.2 Å². The molecule has 1 aromatic carbocycles. The molecule has 0 radical (unpaired) electrons. The van der Waals surface area contributed by atoms with Crippen molar-refractivity contribution >= 4 is 11.6 Å². The summed E-state index contributed by atoms with van der Waals surface area (Å²) in [4.78, 5) is 2.34. The van der Waals surface area contributed by atoms with Gasteiger partial charge in [0.05, 0.1) is 0 Å². The first-order valence-corrected chi connectivity index (χ1v) is 6.66. The van der Waals surface area contributed by atoms with Crippen LogP contribution in [-0.2, 0) is 6.54 Å². The van der Waals surface area contributed by atoms with E-state index in [0.717, 1.165) is 24.7 Å². The fourth-order valence-corrected chi connectivity index (χ4v) is 1.94. The first-order valence-electron chi connectivity index (χ1n) is 6.29. The quantitative estimate of drug-likeness (QED) is 0.752. The monoisotopic (exact) mass is 254 g/mol. The molecule has 0 heterocycles. The molecule has 0 aliphatic carbocycles. The van der Waals surface area contributed by atoms with Crippen molar-refractivity contribution in [3.63, 3.8) is 0 Å². The molecule has 0 saturated carbocycles. The van der Waals surface area contributed by atoms with Crippen molar-refractivity contribution in [2.45, 2.75) is 32.9 Å². The van der Waals surface area contributed by atoms with Crippen LogP contribution < -0.4 is 5.32 Å². The lowest BCUT2D eigenvalue weighted by Gasteiger charge is -2.25. The highest BCUT2D eigenvalue weighted by molar-refractivity contribution is 6.30. The SMILES string of the molecule is CCCNCC(C)N(C)Cc1cccc(Cl)c1. The van der Waals surface area contributed by atoms with Crippen LogP contribution in [0.1, 0.15) is 25.8 Å². The number of halogens is 1. The van der Waals surface area contributed by atoms with E-state index in [4.69, 9.17) is 11.6 Å². The lowest BCUT2D eigenvalue weighted by atomic mass is 10.2. The van der Waals surface area contributed by atoms with Crippen molar-refractivity contribution in [3.05, 3.63) is 34.9 Å². The zero-order valence-corrected chi connectivity index (χ0v) is 11.8. The van der Waals surface area contributed by atoms with Crippen molar-refractivity contribution in [3.8, 4) is 0 Å². The highest BCUT2D eigenvalue weighted by Crippen LogP contribution is 2.12. The Bertz CT molecular complexity index is 328. The molecule has 0 aliphatic rings. The smallest absolute Gasteiger partial charge is 0.0409 e. The van der Waals surface area contributed by atoms with Gasteiger partial charge in [0.2, 0.25) is 0 Å². The van der Waals surface area contributed by atoms with Gasteiger partial charge in [-0.1, -0.05) is 30.7 Å². The zero-order chi connectivity index (χ0) is 12.7. The Kier molecular flexibility index (Phi) is 6.56. The first kappa shape index (κ1) is 14.5. The molecule has 0 aliphatic heterocycles. The Hall–Kier alpha value is -0.570. The van der Waals surface area contributed by atoms with Gasteiger partial charge in [-0.05, 0) is 44.6 Å². The molecular weight excluding hydrogens is 232 g/mol. The lowest BCUT2D eigenvalue weighted by Crippen LogP contribution is -2.37.